The summed E-state index contributed by atoms with van der Waals surface area (Å²) < 4.78 is 22.4. The summed E-state index contributed by atoms with van der Waals surface area (Å²) in [5.74, 6) is -0.0231. The Bertz CT molecular complexity index is 423. The van der Waals surface area contributed by atoms with Crippen molar-refractivity contribution in [2.45, 2.75) is 39.3 Å². The normalized spacial score (nSPS) is 19.8. The summed E-state index contributed by atoms with van der Waals surface area (Å²) in [5.41, 5.74) is 0. The van der Waals surface area contributed by atoms with Gasteiger partial charge in [0.25, 0.3) is 0 Å². The minimum absolute atomic E-state index is 0.0231. The topological polar surface area (TPSA) is 69.7 Å². The zero-order valence-corrected chi connectivity index (χ0v) is 13.7. The lowest BCUT2D eigenvalue weighted by molar-refractivity contribution is 0.191. The van der Waals surface area contributed by atoms with Crippen molar-refractivity contribution < 1.29 is 13.2 Å². The molecular formula is C13H27N3O3S. The lowest BCUT2D eigenvalue weighted by atomic mass is 10.3. The van der Waals surface area contributed by atoms with E-state index in [9.17, 15) is 13.2 Å². The fourth-order valence-electron chi connectivity index (χ4n) is 2.45. The molecule has 1 heterocycles. The highest BCUT2D eigenvalue weighted by Crippen LogP contribution is 2.07. The number of carbonyl (C=O) groups excluding carboxylic acids is 1. The molecule has 0 aromatic heterocycles. The van der Waals surface area contributed by atoms with Gasteiger partial charge in [-0.3, -0.25) is 4.90 Å². The number of rotatable bonds is 4. The Balaban J connectivity index is 2.47. The Kier molecular flexibility index (Phi) is 6.26. The van der Waals surface area contributed by atoms with Crippen molar-refractivity contribution >= 4 is 15.9 Å². The summed E-state index contributed by atoms with van der Waals surface area (Å²) >= 11 is 0. The highest BCUT2D eigenvalue weighted by molar-refractivity contribution is 7.90. The van der Waals surface area contributed by atoms with Crippen LogP contribution in [0, 0.1) is 0 Å². The van der Waals surface area contributed by atoms with Crippen LogP contribution in [-0.4, -0.2) is 74.5 Å². The Morgan fingerprint density at radius 2 is 1.80 bits per heavy atom. The Labute approximate surface area is 122 Å². The molecule has 1 N–H and O–H groups in total. The van der Waals surface area contributed by atoms with E-state index in [2.05, 4.69) is 24.1 Å². The molecule has 0 aromatic carbocycles. The van der Waals surface area contributed by atoms with Gasteiger partial charge in [-0.1, -0.05) is 0 Å². The number of carbonyl (C=O) groups is 1. The molecule has 1 saturated heterocycles. The molecule has 1 aliphatic rings. The first-order valence-electron chi connectivity index (χ1n) is 7.16. The first kappa shape index (κ1) is 17.2. The van der Waals surface area contributed by atoms with Crippen molar-refractivity contribution in [1.82, 2.24) is 15.1 Å². The van der Waals surface area contributed by atoms with Crippen LogP contribution in [0.1, 0.15) is 27.2 Å². The molecule has 1 atom stereocenters. The molecule has 7 heteroatoms. The molecule has 1 fully saturated rings. The highest BCUT2D eigenvalue weighted by atomic mass is 32.2. The number of amides is 2. The predicted octanol–water partition coefficient (Wildman–Crippen LogP) is 0.545. The highest BCUT2D eigenvalue weighted by Gasteiger charge is 2.22. The van der Waals surface area contributed by atoms with Gasteiger partial charge < -0.3 is 10.2 Å². The lowest BCUT2D eigenvalue weighted by Gasteiger charge is -2.25. The molecule has 2 amide bonds. The van der Waals surface area contributed by atoms with E-state index < -0.39 is 9.84 Å². The van der Waals surface area contributed by atoms with E-state index in [0.29, 0.717) is 12.6 Å². The first-order chi connectivity index (χ1) is 9.19. The van der Waals surface area contributed by atoms with Crippen LogP contribution in [-0.2, 0) is 9.84 Å². The predicted molar refractivity (Wildman–Crippen MR) is 80.6 cm³/mol. The molecule has 0 saturated carbocycles. The smallest absolute Gasteiger partial charge is 0.317 e. The monoisotopic (exact) mass is 305 g/mol. The van der Waals surface area contributed by atoms with Crippen molar-refractivity contribution in [2.24, 2.45) is 0 Å². The Hall–Kier alpha value is -0.820. The molecule has 1 aliphatic heterocycles. The average Bonchev–Trinajstić information content (AvgIpc) is 2.51. The van der Waals surface area contributed by atoms with Gasteiger partial charge in [-0.2, -0.15) is 0 Å². The van der Waals surface area contributed by atoms with Gasteiger partial charge in [0.1, 0.15) is 9.84 Å². The Morgan fingerprint density at radius 1 is 1.15 bits per heavy atom. The van der Waals surface area contributed by atoms with Crippen LogP contribution in [0.25, 0.3) is 0 Å². The summed E-state index contributed by atoms with van der Waals surface area (Å²) in [6.45, 7) is 9.31. The number of urea groups is 1. The van der Waals surface area contributed by atoms with E-state index in [1.54, 1.807) is 11.8 Å². The summed E-state index contributed by atoms with van der Waals surface area (Å²) in [6, 6.07) is -0.0316. The van der Waals surface area contributed by atoms with Crippen LogP contribution >= 0.6 is 0 Å². The second-order valence-corrected chi connectivity index (χ2v) is 8.10. The van der Waals surface area contributed by atoms with Gasteiger partial charge >= 0.3 is 6.03 Å². The van der Waals surface area contributed by atoms with Crippen LogP contribution < -0.4 is 5.32 Å². The molecular weight excluding hydrogens is 278 g/mol. The van der Waals surface area contributed by atoms with Crippen LogP contribution in [0.3, 0.4) is 0 Å². The number of hydrogen-bond donors (Lipinski definition) is 1. The minimum Gasteiger partial charge on any atom is -0.335 e. The number of sulfone groups is 1. The maximum absolute atomic E-state index is 12.1. The molecule has 0 aromatic rings. The van der Waals surface area contributed by atoms with E-state index in [1.165, 1.54) is 6.26 Å². The van der Waals surface area contributed by atoms with Crippen LogP contribution in [0.2, 0.25) is 0 Å². The van der Waals surface area contributed by atoms with Crippen molar-refractivity contribution in [3.63, 3.8) is 0 Å². The SMILES string of the molecule is CC(CS(C)(=O)=O)NC(=O)N1CCCN(C(C)C)CC1. The standard InChI is InChI=1S/C13H27N3O3S/c1-11(2)15-6-5-7-16(9-8-15)13(17)14-12(3)10-20(4,18)19/h11-12H,5-10H2,1-4H3,(H,14,17). The second kappa shape index (κ2) is 7.26. The quantitative estimate of drug-likeness (QED) is 0.823. The maximum atomic E-state index is 12.1. The molecule has 0 bridgehead atoms. The van der Waals surface area contributed by atoms with E-state index in [-0.39, 0.29) is 17.8 Å². The van der Waals surface area contributed by atoms with Crippen molar-refractivity contribution in [3.05, 3.63) is 0 Å². The Morgan fingerprint density at radius 3 is 2.35 bits per heavy atom. The average molecular weight is 305 g/mol. The van der Waals surface area contributed by atoms with E-state index in [0.717, 1.165) is 26.1 Å². The second-order valence-electron chi connectivity index (χ2n) is 5.91. The third-order valence-electron chi connectivity index (χ3n) is 3.47. The molecule has 1 rings (SSSR count). The summed E-state index contributed by atoms with van der Waals surface area (Å²) in [7, 11) is -3.07. The molecule has 0 spiro atoms. The fourth-order valence-corrected chi connectivity index (χ4v) is 3.45. The summed E-state index contributed by atoms with van der Waals surface area (Å²) in [5, 5.41) is 2.77. The van der Waals surface area contributed by atoms with Crippen LogP contribution in [0.15, 0.2) is 0 Å². The minimum atomic E-state index is -3.07. The molecule has 1 unspecified atom stereocenters. The van der Waals surface area contributed by atoms with Gasteiger partial charge in [-0.25, -0.2) is 13.2 Å². The van der Waals surface area contributed by atoms with Crippen molar-refractivity contribution in [2.75, 3.05) is 38.2 Å². The molecule has 6 nitrogen and oxygen atoms in total. The number of nitrogens with zero attached hydrogens (tertiary/aromatic N) is 2. The first-order valence-corrected chi connectivity index (χ1v) is 9.22. The third kappa shape index (κ3) is 6.09. The van der Waals surface area contributed by atoms with Crippen molar-refractivity contribution in [3.8, 4) is 0 Å². The van der Waals surface area contributed by atoms with Gasteiger partial charge in [0.05, 0.1) is 5.75 Å². The number of hydrogen-bond acceptors (Lipinski definition) is 4. The van der Waals surface area contributed by atoms with Gasteiger partial charge in [0.2, 0.25) is 0 Å². The van der Waals surface area contributed by atoms with Crippen LogP contribution in [0.4, 0.5) is 4.79 Å². The molecule has 0 radical (unpaired) electrons. The van der Waals surface area contributed by atoms with Gasteiger partial charge in [0.15, 0.2) is 0 Å². The summed E-state index contributed by atoms with van der Waals surface area (Å²) in [6.07, 6.45) is 2.13. The van der Waals surface area contributed by atoms with Crippen molar-refractivity contribution in [1.29, 1.82) is 0 Å². The maximum Gasteiger partial charge on any atom is 0.317 e. The number of nitrogens with one attached hydrogen (secondary N) is 1. The van der Waals surface area contributed by atoms with Gasteiger partial charge in [-0.05, 0) is 27.2 Å². The van der Waals surface area contributed by atoms with Crippen LogP contribution in [0.5, 0.6) is 0 Å². The molecule has 20 heavy (non-hydrogen) atoms. The van der Waals surface area contributed by atoms with Gasteiger partial charge in [-0.15, -0.1) is 0 Å². The van der Waals surface area contributed by atoms with E-state index in [1.807, 2.05) is 0 Å². The van der Waals surface area contributed by atoms with E-state index in [4.69, 9.17) is 0 Å². The lowest BCUT2D eigenvalue weighted by Crippen LogP contribution is -2.47. The zero-order chi connectivity index (χ0) is 15.3. The molecule has 118 valence electrons. The fraction of sp³-hybridized carbons (Fsp3) is 0.923. The summed E-state index contributed by atoms with van der Waals surface area (Å²) in [4.78, 5) is 16.3. The zero-order valence-electron chi connectivity index (χ0n) is 12.9. The van der Waals surface area contributed by atoms with Gasteiger partial charge in [0, 0.05) is 44.5 Å². The molecule has 0 aliphatic carbocycles. The third-order valence-corrected chi connectivity index (χ3v) is 4.58. The van der Waals surface area contributed by atoms with E-state index >= 15 is 0 Å². The largest absolute Gasteiger partial charge is 0.335 e.